The van der Waals surface area contributed by atoms with Crippen molar-refractivity contribution < 1.29 is 14.3 Å². The van der Waals surface area contributed by atoms with Gasteiger partial charge in [0.15, 0.2) is 17.4 Å². The Balaban J connectivity index is 1.33. The van der Waals surface area contributed by atoms with Crippen molar-refractivity contribution in [2.75, 3.05) is 44.0 Å². The van der Waals surface area contributed by atoms with Crippen LogP contribution in [0, 0.1) is 0 Å². The number of fused-ring (bicyclic) bond motifs is 1. The van der Waals surface area contributed by atoms with Gasteiger partial charge in [-0.1, -0.05) is 11.8 Å². The third kappa shape index (κ3) is 5.87. The van der Waals surface area contributed by atoms with Crippen molar-refractivity contribution in [2.24, 2.45) is 0 Å². The van der Waals surface area contributed by atoms with E-state index < -0.39 is 0 Å². The Kier molecular flexibility index (Phi) is 7.87. The van der Waals surface area contributed by atoms with E-state index in [1.54, 1.807) is 12.1 Å². The number of piperidine rings is 1. The molecule has 3 heterocycles. The first kappa shape index (κ1) is 23.2. The fraction of sp³-hybridized carbons (Fsp3) is 0.478. The summed E-state index contributed by atoms with van der Waals surface area (Å²) in [6, 6.07) is 7.22. The van der Waals surface area contributed by atoms with Crippen molar-refractivity contribution in [1.29, 1.82) is 0 Å². The Morgan fingerprint density at radius 1 is 1.09 bits per heavy atom. The summed E-state index contributed by atoms with van der Waals surface area (Å²) < 4.78 is 12.8. The molecule has 176 valence electrons. The van der Waals surface area contributed by atoms with E-state index in [0.717, 1.165) is 40.8 Å². The number of carbonyl (C=O) groups excluding carboxylic acids is 1. The molecule has 0 unspecified atom stereocenters. The van der Waals surface area contributed by atoms with Gasteiger partial charge in [0.1, 0.15) is 17.3 Å². The Bertz CT molecular complexity index is 1070. The molecule has 1 aliphatic rings. The number of ether oxygens (including phenoxy) is 2. The monoisotopic (exact) mass is 470 g/mol. The molecule has 0 bridgehead atoms. The number of amides is 1. The molecule has 10 heteroatoms. The molecule has 1 aliphatic heterocycles. The first-order valence-corrected chi connectivity index (χ1v) is 12.5. The molecule has 2 aromatic heterocycles. The van der Waals surface area contributed by atoms with Crippen LogP contribution in [-0.2, 0) is 11.3 Å². The summed E-state index contributed by atoms with van der Waals surface area (Å²) in [5.74, 6) is 2.17. The van der Waals surface area contributed by atoms with Crippen molar-refractivity contribution >= 4 is 34.5 Å². The van der Waals surface area contributed by atoms with Gasteiger partial charge >= 0.3 is 0 Å². The molecule has 33 heavy (non-hydrogen) atoms. The minimum atomic E-state index is -0.186. The zero-order chi connectivity index (χ0) is 23.0. The summed E-state index contributed by atoms with van der Waals surface area (Å²) in [5.41, 5.74) is 0.801. The third-order valence-electron chi connectivity index (χ3n) is 5.44. The van der Waals surface area contributed by atoms with Crippen molar-refractivity contribution in [2.45, 2.75) is 37.9 Å². The second-order valence-corrected chi connectivity index (χ2v) is 8.50. The molecule has 0 radical (unpaired) electrons. The van der Waals surface area contributed by atoms with E-state index in [9.17, 15) is 4.79 Å². The minimum absolute atomic E-state index is 0.0499. The number of hydrogen-bond acceptors (Lipinski definition) is 8. The van der Waals surface area contributed by atoms with E-state index in [-0.39, 0.29) is 12.5 Å². The number of carbonyl (C=O) groups is 1. The van der Waals surface area contributed by atoms with Crippen LogP contribution in [-0.4, -0.2) is 64.8 Å². The summed E-state index contributed by atoms with van der Waals surface area (Å²) >= 11 is 1.53. The Labute approximate surface area is 197 Å². The lowest BCUT2D eigenvalue weighted by molar-refractivity contribution is -0.123. The van der Waals surface area contributed by atoms with E-state index in [1.807, 2.05) is 36.2 Å². The van der Waals surface area contributed by atoms with Gasteiger partial charge in [0.2, 0.25) is 0 Å². The van der Waals surface area contributed by atoms with Crippen LogP contribution >= 0.6 is 11.8 Å². The number of nitrogens with zero attached hydrogens (tertiary/aromatic N) is 5. The SMILES string of the molecule is CCOc1ccc(OCC(=O)NCCn2ncc3c(N4CCCCC4)nc(SC)nc32)cc1. The lowest BCUT2D eigenvalue weighted by Crippen LogP contribution is -2.32. The highest BCUT2D eigenvalue weighted by Gasteiger charge is 2.19. The van der Waals surface area contributed by atoms with Crippen LogP contribution < -0.4 is 19.7 Å². The first-order chi connectivity index (χ1) is 16.2. The number of nitrogens with one attached hydrogen (secondary N) is 1. The van der Waals surface area contributed by atoms with Gasteiger partial charge in [-0.15, -0.1) is 0 Å². The zero-order valence-corrected chi connectivity index (χ0v) is 19.9. The highest BCUT2D eigenvalue weighted by Crippen LogP contribution is 2.28. The molecule has 1 amide bonds. The van der Waals surface area contributed by atoms with Crippen molar-refractivity contribution in [3.8, 4) is 11.5 Å². The zero-order valence-electron chi connectivity index (χ0n) is 19.1. The summed E-state index contributed by atoms with van der Waals surface area (Å²) in [7, 11) is 0. The second kappa shape index (κ2) is 11.2. The number of thioether (sulfide) groups is 1. The van der Waals surface area contributed by atoms with Crippen LogP contribution in [0.25, 0.3) is 11.0 Å². The van der Waals surface area contributed by atoms with Gasteiger partial charge in [0.25, 0.3) is 5.91 Å². The summed E-state index contributed by atoms with van der Waals surface area (Å²) in [6.45, 7) is 5.46. The molecule has 0 atom stereocenters. The first-order valence-electron chi connectivity index (χ1n) is 11.3. The van der Waals surface area contributed by atoms with Crippen LogP contribution in [0.3, 0.4) is 0 Å². The fourth-order valence-electron chi connectivity index (χ4n) is 3.82. The fourth-order valence-corrected chi connectivity index (χ4v) is 4.18. The lowest BCUT2D eigenvalue weighted by Gasteiger charge is -2.28. The van der Waals surface area contributed by atoms with Crippen molar-refractivity contribution in [1.82, 2.24) is 25.1 Å². The molecular weight excluding hydrogens is 440 g/mol. The normalized spacial score (nSPS) is 13.8. The standard InChI is InChI=1S/C23H30N6O3S/c1-3-31-17-7-9-18(10-8-17)32-16-20(30)24-11-14-29-22-19(15-25-29)21(26-23(27-22)33-2)28-12-5-4-6-13-28/h7-10,15H,3-6,11-14,16H2,1-2H3,(H,24,30). The quantitative estimate of drug-likeness (QED) is 0.357. The van der Waals surface area contributed by atoms with Crippen LogP contribution in [0.2, 0.25) is 0 Å². The predicted molar refractivity (Wildman–Crippen MR) is 129 cm³/mol. The molecular formula is C23H30N6O3S. The van der Waals surface area contributed by atoms with Gasteiger partial charge in [-0.2, -0.15) is 5.10 Å². The molecule has 4 rings (SSSR count). The van der Waals surface area contributed by atoms with E-state index in [1.165, 1.54) is 31.0 Å². The third-order valence-corrected chi connectivity index (χ3v) is 5.99. The maximum Gasteiger partial charge on any atom is 0.258 e. The van der Waals surface area contributed by atoms with E-state index >= 15 is 0 Å². The van der Waals surface area contributed by atoms with Gasteiger partial charge in [0, 0.05) is 19.6 Å². The maximum absolute atomic E-state index is 12.2. The van der Waals surface area contributed by atoms with Crippen LogP contribution in [0.15, 0.2) is 35.6 Å². The maximum atomic E-state index is 12.2. The summed E-state index contributed by atoms with van der Waals surface area (Å²) in [5, 5.41) is 9.10. The Hall–Kier alpha value is -3.01. The predicted octanol–water partition coefficient (Wildman–Crippen LogP) is 3.13. The number of benzene rings is 1. The molecule has 0 spiro atoms. The van der Waals surface area contributed by atoms with E-state index in [0.29, 0.717) is 25.4 Å². The average molecular weight is 471 g/mol. The van der Waals surface area contributed by atoms with E-state index in [4.69, 9.17) is 14.5 Å². The van der Waals surface area contributed by atoms with Gasteiger partial charge in [-0.25, -0.2) is 14.6 Å². The highest BCUT2D eigenvalue weighted by atomic mass is 32.2. The summed E-state index contributed by atoms with van der Waals surface area (Å²) in [4.78, 5) is 24.0. The summed E-state index contributed by atoms with van der Waals surface area (Å²) in [6.07, 6.45) is 7.44. The molecule has 1 saturated heterocycles. The van der Waals surface area contributed by atoms with Crippen LogP contribution in [0.5, 0.6) is 11.5 Å². The number of hydrogen-bond donors (Lipinski definition) is 1. The van der Waals surface area contributed by atoms with Gasteiger partial charge in [-0.3, -0.25) is 4.79 Å². The molecule has 1 fully saturated rings. The Morgan fingerprint density at radius 3 is 2.52 bits per heavy atom. The van der Waals surface area contributed by atoms with Crippen LogP contribution in [0.1, 0.15) is 26.2 Å². The molecule has 1 N–H and O–H groups in total. The number of anilines is 1. The highest BCUT2D eigenvalue weighted by molar-refractivity contribution is 7.98. The lowest BCUT2D eigenvalue weighted by atomic mass is 10.1. The van der Waals surface area contributed by atoms with Gasteiger partial charge < -0.3 is 19.7 Å². The minimum Gasteiger partial charge on any atom is -0.494 e. The molecule has 1 aromatic carbocycles. The number of aromatic nitrogens is 4. The second-order valence-electron chi connectivity index (χ2n) is 7.73. The molecule has 0 saturated carbocycles. The van der Waals surface area contributed by atoms with Gasteiger partial charge in [0.05, 0.1) is 24.7 Å². The molecule has 0 aliphatic carbocycles. The molecule has 9 nitrogen and oxygen atoms in total. The average Bonchev–Trinajstić information content (AvgIpc) is 3.26. The largest absolute Gasteiger partial charge is 0.494 e. The Morgan fingerprint density at radius 2 is 1.82 bits per heavy atom. The topological polar surface area (TPSA) is 94.4 Å². The number of rotatable bonds is 10. The van der Waals surface area contributed by atoms with Crippen LogP contribution in [0.4, 0.5) is 5.82 Å². The van der Waals surface area contributed by atoms with Gasteiger partial charge in [-0.05, 0) is 56.7 Å². The van der Waals surface area contributed by atoms with Crippen molar-refractivity contribution in [3.63, 3.8) is 0 Å². The molecule has 3 aromatic rings. The van der Waals surface area contributed by atoms with E-state index in [2.05, 4.69) is 20.3 Å². The smallest absolute Gasteiger partial charge is 0.258 e. The van der Waals surface area contributed by atoms with Crippen molar-refractivity contribution in [3.05, 3.63) is 30.5 Å².